The molecule has 0 aliphatic carbocycles. The summed E-state index contributed by atoms with van der Waals surface area (Å²) >= 11 is 1.34. The van der Waals surface area contributed by atoms with E-state index in [4.69, 9.17) is 0 Å². The SMILES string of the molecule is Cc1nccn1-c1cc(C(=O)CCc2cnc(Nc3ccc(C(F)(F)F)cc3)s2)ncn1. The molecule has 0 aliphatic heterocycles. The molecule has 32 heavy (non-hydrogen) atoms. The van der Waals surface area contributed by atoms with Gasteiger partial charge in [0, 0.05) is 41.6 Å². The molecule has 0 aliphatic rings. The van der Waals surface area contributed by atoms with Gasteiger partial charge in [-0.3, -0.25) is 9.36 Å². The van der Waals surface area contributed by atoms with E-state index >= 15 is 0 Å². The first-order chi connectivity index (χ1) is 15.3. The third-order valence-electron chi connectivity index (χ3n) is 4.63. The maximum atomic E-state index is 12.7. The quantitative estimate of drug-likeness (QED) is 0.392. The number of halogens is 3. The van der Waals surface area contributed by atoms with Gasteiger partial charge in [-0.1, -0.05) is 0 Å². The van der Waals surface area contributed by atoms with Crippen LogP contribution in [0.5, 0.6) is 0 Å². The number of carbonyl (C=O) groups is 1. The molecule has 7 nitrogen and oxygen atoms in total. The van der Waals surface area contributed by atoms with Crippen molar-refractivity contribution in [2.24, 2.45) is 0 Å². The molecular weight excluding hydrogens is 441 g/mol. The Hall–Kier alpha value is -3.60. The number of hydrogen-bond acceptors (Lipinski definition) is 7. The molecule has 3 aromatic heterocycles. The van der Waals surface area contributed by atoms with Crippen LogP contribution >= 0.6 is 11.3 Å². The van der Waals surface area contributed by atoms with E-state index in [9.17, 15) is 18.0 Å². The van der Waals surface area contributed by atoms with Crippen LogP contribution in [0, 0.1) is 6.92 Å². The summed E-state index contributed by atoms with van der Waals surface area (Å²) in [4.78, 5) is 30.1. The first kappa shape index (κ1) is 21.6. The van der Waals surface area contributed by atoms with Gasteiger partial charge in [0.05, 0.1) is 5.56 Å². The number of imidazole rings is 1. The van der Waals surface area contributed by atoms with E-state index in [1.807, 2.05) is 6.92 Å². The van der Waals surface area contributed by atoms with Crippen molar-refractivity contribution in [1.82, 2.24) is 24.5 Å². The molecule has 0 bridgehead atoms. The van der Waals surface area contributed by atoms with E-state index in [1.165, 1.54) is 29.8 Å². The molecule has 0 fully saturated rings. The van der Waals surface area contributed by atoms with E-state index in [0.29, 0.717) is 28.8 Å². The Morgan fingerprint density at radius 2 is 1.91 bits per heavy atom. The minimum absolute atomic E-state index is 0.128. The fourth-order valence-corrected chi connectivity index (χ4v) is 3.80. The number of benzene rings is 1. The van der Waals surface area contributed by atoms with Gasteiger partial charge in [0.2, 0.25) is 0 Å². The van der Waals surface area contributed by atoms with Crippen molar-refractivity contribution < 1.29 is 18.0 Å². The Labute approximate surface area is 185 Å². The normalized spacial score (nSPS) is 11.5. The van der Waals surface area contributed by atoms with Gasteiger partial charge >= 0.3 is 6.18 Å². The number of alkyl halides is 3. The van der Waals surface area contributed by atoms with Gasteiger partial charge < -0.3 is 5.32 Å². The van der Waals surface area contributed by atoms with Crippen LogP contribution in [0.1, 0.15) is 33.2 Å². The summed E-state index contributed by atoms with van der Waals surface area (Å²) in [6.45, 7) is 1.84. The first-order valence-corrected chi connectivity index (χ1v) is 10.4. The maximum absolute atomic E-state index is 12.7. The highest BCUT2D eigenvalue weighted by atomic mass is 32.1. The second-order valence-electron chi connectivity index (χ2n) is 6.86. The number of anilines is 2. The molecule has 4 aromatic rings. The second-order valence-corrected chi connectivity index (χ2v) is 7.98. The predicted octanol–water partition coefficient (Wildman–Crippen LogP) is 5.01. The molecule has 0 spiro atoms. The fourth-order valence-electron chi connectivity index (χ4n) is 2.96. The van der Waals surface area contributed by atoms with Crippen LogP contribution in [0.25, 0.3) is 5.82 Å². The lowest BCUT2D eigenvalue weighted by Gasteiger charge is -2.07. The van der Waals surface area contributed by atoms with Crippen molar-refractivity contribution in [3.05, 3.63) is 77.2 Å². The number of hydrogen-bond donors (Lipinski definition) is 1. The number of nitrogens with one attached hydrogen (secondary N) is 1. The molecule has 0 amide bonds. The molecule has 0 saturated carbocycles. The van der Waals surface area contributed by atoms with Gasteiger partial charge in [0.15, 0.2) is 10.9 Å². The summed E-state index contributed by atoms with van der Waals surface area (Å²) < 4.78 is 39.8. The number of rotatable bonds is 7. The van der Waals surface area contributed by atoms with Gasteiger partial charge in [-0.05, 0) is 37.6 Å². The van der Waals surface area contributed by atoms with Crippen LogP contribution < -0.4 is 5.32 Å². The summed E-state index contributed by atoms with van der Waals surface area (Å²) in [5.41, 5.74) is 0.103. The molecule has 0 atom stereocenters. The topological polar surface area (TPSA) is 85.6 Å². The summed E-state index contributed by atoms with van der Waals surface area (Å²) in [5.74, 6) is 1.19. The van der Waals surface area contributed by atoms with Gasteiger partial charge in [-0.15, -0.1) is 11.3 Å². The molecule has 1 N–H and O–H groups in total. The lowest BCUT2D eigenvalue weighted by molar-refractivity contribution is -0.137. The van der Waals surface area contributed by atoms with Crippen molar-refractivity contribution in [2.45, 2.75) is 25.9 Å². The maximum Gasteiger partial charge on any atom is 0.416 e. The number of thiazole rings is 1. The summed E-state index contributed by atoms with van der Waals surface area (Å²) in [5, 5.41) is 3.51. The minimum Gasteiger partial charge on any atom is -0.332 e. The number of Topliss-reactive ketones (excluding diaryl/α,β-unsaturated/α-hetero) is 1. The highest BCUT2D eigenvalue weighted by Crippen LogP contribution is 2.31. The smallest absolute Gasteiger partial charge is 0.332 e. The summed E-state index contributed by atoms with van der Waals surface area (Å²) in [6.07, 6.45) is 2.73. The van der Waals surface area contributed by atoms with Crippen LogP contribution in [0.3, 0.4) is 0 Å². The van der Waals surface area contributed by atoms with E-state index < -0.39 is 11.7 Å². The van der Waals surface area contributed by atoms with Crippen molar-refractivity contribution in [1.29, 1.82) is 0 Å². The zero-order valence-corrected chi connectivity index (χ0v) is 17.6. The third kappa shape index (κ3) is 4.99. The average molecular weight is 458 g/mol. The molecule has 0 unspecified atom stereocenters. The highest BCUT2D eigenvalue weighted by molar-refractivity contribution is 7.15. The molecule has 1 aromatic carbocycles. The molecule has 4 rings (SSSR count). The zero-order chi connectivity index (χ0) is 22.7. The van der Waals surface area contributed by atoms with Gasteiger partial charge in [0.25, 0.3) is 0 Å². The van der Waals surface area contributed by atoms with Crippen LogP contribution in [0.2, 0.25) is 0 Å². The van der Waals surface area contributed by atoms with Gasteiger partial charge in [0.1, 0.15) is 23.7 Å². The standard InChI is InChI=1S/C21H17F3N6OS/c1-13-25-8-9-30(13)19-10-17(27-12-28-19)18(31)7-6-16-11-26-20(32-16)29-15-4-2-14(3-5-15)21(22,23)24/h2-5,8-12H,6-7H2,1H3,(H,26,29). The van der Waals surface area contributed by atoms with Crippen molar-refractivity contribution in [3.63, 3.8) is 0 Å². The van der Waals surface area contributed by atoms with Gasteiger partial charge in [-0.25, -0.2) is 19.9 Å². The monoisotopic (exact) mass is 458 g/mol. The van der Waals surface area contributed by atoms with E-state index in [2.05, 4.69) is 25.3 Å². The largest absolute Gasteiger partial charge is 0.416 e. The number of aryl methyl sites for hydroxylation is 2. The van der Waals surface area contributed by atoms with E-state index in [-0.39, 0.29) is 12.2 Å². The van der Waals surface area contributed by atoms with Crippen LogP contribution in [0.15, 0.2) is 55.2 Å². The molecule has 11 heteroatoms. The molecule has 0 radical (unpaired) electrons. The third-order valence-corrected chi connectivity index (χ3v) is 5.60. The lowest BCUT2D eigenvalue weighted by atomic mass is 10.1. The predicted molar refractivity (Wildman–Crippen MR) is 113 cm³/mol. The Balaban J connectivity index is 1.36. The highest BCUT2D eigenvalue weighted by Gasteiger charge is 2.29. The van der Waals surface area contributed by atoms with Crippen molar-refractivity contribution in [3.8, 4) is 5.82 Å². The number of aromatic nitrogens is 5. The van der Waals surface area contributed by atoms with E-state index in [0.717, 1.165) is 22.8 Å². The second kappa shape index (κ2) is 8.87. The molecule has 164 valence electrons. The fraction of sp³-hybridized carbons (Fsp3) is 0.190. The number of carbonyl (C=O) groups excluding carboxylic acids is 1. The van der Waals surface area contributed by atoms with Crippen LogP contribution in [-0.2, 0) is 12.6 Å². The molecule has 0 saturated heterocycles. The minimum atomic E-state index is -4.37. The lowest BCUT2D eigenvalue weighted by Crippen LogP contribution is -2.07. The van der Waals surface area contributed by atoms with Crippen molar-refractivity contribution >= 4 is 27.9 Å². The van der Waals surface area contributed by atoms with Gasteiger partial charge in [-0.2, -0.15) is 13.2 Å². The van der Waals surface area contributed by atoms with Crippen LogP contribution in [-0.4, -0.2) is 30.3 Å². The molecular formula is C21H17F3N6OS. The molecule has 3 heterocycles. The zero-order valence-electron chi connectivity index (χ0n) is 16.8. The van der Waals surface area contributed by atoms with Crippen LogP contribution in [0.4, 0.5) is 24.0 Å². The number of nitrogens with zero attached hydrogens (tertiary/aromatic N) is 5. The first-order valence-electron chi connectivity index (χ1n) is 9.54. The number of ketones is 1. The Kier molecular flexibility index (Phi) is 5.99. The summed E-state index contributed by atoms with van der Waals surface area (Å²) in [7, 11) is 0. The van der Waals surface area contributed by atoms with Crippen molar-refractivity contribution in [2.75, 3.05) is 5.32 Å². The Morgan fingerprint density at radius 1 is 1.12 bits per heavy atom. The Bertz CT molecular complexity index is 1230. The Morgan fingerprint density at radius 3 is 2.59 bits per heavy atom. The summed E-state index contributed by atoms with van der Waals surface area (Å²) in [6, 6.07) is 6.35. The average Bonchev–Trinajstić information content (AvgIpc) is 3.40. The van der Waals surface area contributed by atoms with E-state index in [1.54, 1.807) is 29.2 Å².